The van der Waals surface area contributed by atoms with Gasteiger partial charge in [0.05, 0.1) is 5.04 Å². The van der Waals surface area contributed by atoms with Crippen LogP contribution in [-0.2, 0) is 4.79 Å². The minimum atomic E-state index is 0.0323. The third-order valence-corrected chi connectivity index (χ3v) is 4.84. The monoisotopic (exact) mass is 280 g/mol. The number of carbonyl (C=O) groups is 1. The number of nitrogens with zero attached hydrogens (tertiary/aromatic N) is 1. The van der Waals surface area contributed by atoms with E-state index in [0.29, 0.717) is 5.37 Å². The van der Waals surface area contributed by atoms with Gasteiger partial charge in [0.1, 0.15) is 5.37 Å². The topological polar surface area (TPSA) is 41.5 Å². The molecule has 18 heavy (non-hydrogen) atoms. The number of benzene rings is 1. The first kappa shape index (κ1) is 13.5. The number of thioether (sulfide) groups is 2. The van der Waals surface area contributed by atoms with E-state index in [4.69, 9.17) is 4.99 Å². The molecule has 0 saturated heterocycles. The molecule has 1 unspecified atom stereocenters. The van der Waals surface area contributed by atoms with Gasteiger partial charge in [0.2, 0.25) is 5.91 Å². The molecule has 1 aromatic rings. The molecular weight excluding hydrogens is 264 g/mol. The Kier molecular flexibility index (Phi) is 5.13. The zero-order chi connectivity index (χ0) is 12.8. The zero-order valence-corrected chi connectivity index (χ0v) is 11.9. The summed E-state index contributed by atoms with van der Waals surface area (Å²) in [6, 6.07) is 10.3. The van der Waals surface area contributed by atoms with Gasteiger partial charge in [-0.25, -0.2) is 0 Å². The number of carbonyl (C=O) groups excluding carboxylic acids is 1. The summed E-state index contributed by atoms with van der Waals surface area (Å²) in [5, 5.41) is 4.25. The lowest BCUT2D eigenvalue weighted by Gasteiger charge is -2.05. The van der Waals surface area contributed by atoms with E-state index < -0.39 is 0 Å². The van der Waals surface area contributed by atoms with Crippen LogP contribution in [0, 0.1) is 0 Å². The zero-order valence-electron chi connectivity index (χ0n) is 10.3. The first-order valence-corrected chi connectivity index (χ1v) is 7.91. The summed E-state index contributed by atoms with van der Waals surface area (Å²) in [4.78, 5) is 15.4. The second-order valence-electron chi connectivity index (χ2n) is 3.92. The van der Waals surface area contributed by atoms with E-state index in [-0.39, 0.29) is 5.91 Å². The SMILES string of the molecule is CC(=O)NCCSC1CSC(c2ccccc2)=N1. The predicted molar refractivity (Wildman–Crippen MR) is 80.4 cm³/mol. The average Bonchev–Trinajstić information content (AvgIpc) is 2.84. The quantitative estimate of drug-likeness (QED) is 0.842. The third kappa shape index (κ3) is 4.07. The molecule has 0 aromatic heterocycles. The fourth-order valence-electron chi connectivity index (χ4n) is 1.60. The van der Waals surface area contributed by atoms with Crippen LogP contribution in [0.4, 0.5) is 0 Å². The molecular formula is C13H16N2OS2. The lowest BCUT2D eigenvalue weighted by Crippen LogP contribution is -2.23. The van der Waals surface area contributed by atoms with E-state index in [1.807, 2.05) is 30.0 Å². The van der Waals surface area contributed by atoms with Gasteiger partial charge >= 0.3 is 0 Å². The van der Waals surface area contributed by atoms with Crippen molar-refractivity contribution in [3.05, 3.63) is 35.9 Å². The maximum Gasteiger partial charge on any atom is 0.216 e. The number of hydrogen-bond donors (Lipinski definition) is 1. The van der Waals surface area contributed by atoms with Crippen molar-refractivity contribution >= 4 is 34.5 Å². The predicted octanol–water partition coefficient (Wildman–Crippen LogP) is 2.38. The molecule has 96 valence electrons. The lowest BCUT2D eigenvalue weighted by atomic mass is 10.2. The summed E-state index contributed by atoms with van der Waals surface area (Å²) in [6.45, 7) is 2.26. The van der Waals surface area contributed by atoms with Crippen molar-refractivity contribution in [3.63, 3.8) is 0 Å². The summed E-state index contributed by atoms with van der Waals surface area (Å²) in [7, 11) is 0. The molecule has 1 atom stereocenters. The van der Waals surface area contributed by atoms with Gasteiger partial charge in [-0.3, -0.25) is 9.79 Å². The molecule has 1 amide bonds. The van der Waals surface area contributed by atoms with Gasteiger partial charge in [0, 0.05) is 30.5 Å². The van der Waals surface area contributed by atoms with Crippen molar-refractivity contribution in [2.24, 2.45) is 4.99 Å². The Morgan fingerprint density at radius 2 is 2.28 bits per heavy atom. The highest BCUT2D eigenvalue weighted by molar-refractivity contribution is 8.15. The van der Waals surface area contributed by atoms with E-state index in [1.54, 1.807) is 18.7 Å². The molecule has 0 aliphatic carbocycles. The van der Waals surface area contributed by atoms with Gasteiger partial charge in [0.15, 0.2) is 0 Å². The van der Waals surface area contributed by atoms with Crippen LogP contribution in [0.1, 0.15) is 12.5 Å². The molecule has 1 N–H and O–H groups in total. The van der Waals surface area contributed by atoms with Crippen molar-refractivity contribution < 1.29 is 4.79 Å². The molecule has 1 aliphatic rings. The number of aliphatic imine (C=N–C) groups is 1. The van der Waals surface area contributed by atoms with Crippen molar-refractivity contribution in [2.45, 2.75) is 12.3 Å². The second kappa shape index (κ2) is 6.85. The highest BCUT2D eigenvalue weighted by atomic mass is 32.2. The van der Waals surface area contributed by atoms with Crippen LogP contribution >= 0.6 is 23.5 Å². The Morgan fingerprint density at radius 3 is 3.00 bits per heavy atom. The summed E-state index contributed by atoms with van der Waals surface area (Å²) in [6.07, 6.45) is 0. The standard InChI is InChI=1S/C13H16N2OS2/c1-10(16)14-7-8-17-12-9-18-13(15-12)11-5-3-2-4-6-11/h2-6,12H,7-9H2,1H3,(H,14,16). The van der Waals surface area contributed by atoms with E-state index >= 15 is 0 Å². The minimum absolute atomic E-state index is 0.0323. The van der Waals surface area contributed by atoms with E-state index in [9.17, 15) is 4.79 Å². The highest BCUT2D eigenvalue weighted by Crippen LogP contribution is 2.29. The lowest BCUT2D eigenvalue weighted by molar-refractivity contribution is -0.118. The number of rotatable bonds is 5. The molecule has 3 nitrogen and oxygen atoms in total. The molecule has 1 aromatic carbocycles. The molecule has 0 bridgehead atoms. The Morgan fingerprint density at radius 1 is 1.50 bits per heavy atom. The summed E-state index contributed by atoms with van der Waals surface area (Å²) in [5.74, 6) is 1.97. The van der Waals surface area contributed by atoms with Gasteiger partial charge in [-0.1, -0.05) is 30.3 Å². The van der Waals surface area contributed by atoms with Crippen LogP contribution in [0.3, 0.4) is 0 Å². The van der Waals surface area contributed by atoms with Crippen LogP contribution in [0.5, 0.6) is 0 Å². The summed E-state index contributed by atoms with van der Waals surface area (Å²) < 4.78 is 0. The van der Waals surface area contributed by atoms with Gasteiger partial charge in [0.25, 0.3) is 0 Å². The number of hydrogen-bond acceptors (Lipinski definition) is 4. The molecule has 1 aliphatic heterocycles. The normalized spacial score (nSPS) is 18.5. The van der Waals surface area contributed by atoms with Crippen molar-refractivity contribution in [2.75, 3.05) is 18.1 Å². The maximum atomic E-state index is 10.7. The second-order valence-corrected chi connectivity index (χ2v) is 6.21. The Hall–Kier alpha value is -0.940. The van der Waals surface area contributed by atoms with E-state index in [0.717, 1.165) is 23.1 Å². The summed E-state index contributed by atoms with van der Waals surface area (Å²) >= 11 is 3.61. The van der Waals surface area contributed by atoms with Gasteiger partial charge in [-0.15, -0.1) is 23.5 Å². The van der Waals surface area contributed by atoms with Crippen LogP contribution < -0.4 is 5.32 Å². The highest BCUT2D eigenvalue weighted by Gasteiger charge is 2.19. The van der Waals surface area contributed by atoms with Crippen molar-refractivity contribution in [1.29, 1.82) is 0 Å². The molecule has 0 saturated carbocycles. The van der Waals surface area contributed by atoms with Gasteiger partial charge < -0.3 is 5.32 Å². The van der Waals surface area contributed by atoms with Crippen LogP contribution in [0.15, 0.2) is 35.3 Å². The molecule has 0 radical (unpaired) electrons. The Bertz CT molecular complexity index is 434. The first-order chi connectivity index (χ1) is 8.75. The smallest absolute Gasteiger partial charge is 0.216 e. The third-order valence-electron chi connectivity index (χ3n) is 2.43. The Labute approximate surface area is 116 Å². The van der Waals surface area contributed by atoms with Gasteiger partial charge in [-0.2, -0.15) is 0 Å². The molecule has 5 heteroatoms. The maximum absolute atomic E-state index is 10.7. The summed E-state index contributed by atoms with van der Waals surface area (Å²) in [5.41, 5.74) is 1.20. The average molecular weight is 280 g/mol. The molecule has 0 fully saturated rings. The largest absolute Gasteiger partial charge is 0.356 e. The van der Waals surface area contributed by atoms with Crippen molar-refractivity contribution in [3.8, 4) is 0 Å². The van der Waals surface area contributed by atoms with Gasteiger partial charge in [-0.05, 0) is 0 Å². The van der Waals surface area contributed by atoms with E-state index in [2.05, 4.69) is 17.4 Å². The molecule has 0 spiro atoms. The van der Waals surface area contributed by atoms with E-state index in [1.165, 1.54) is 5.56 Å². The number of nitrogens with one attached hydrogen (secondary N) is 1. The van der Waals surface area contributed by atoms with Crippen LogP contribution in [0.2, 0.25) is 0 Å². The number of amides is 1. The van der Waals surface area contributed by atoms with Crippen molar-refractivity contribution in [1.82, 2.24) is 5.32 Å². The van der Waals surface area contributed by atoms with Crippen LogP contribution in [-0.4, -0.2) is 34.4 Å². The van der Waals surface area contributed by atoms with Crippen LogP contribution in [0.25, 0.3) is 0 Å². The first-order valence-electron chi connectivity index (χ1n) is 5.88. The minimum Gasteiger partial charge on any atom is -0.356 e. The Balaban J connectivity index is 1.80. The molecule has 2 rings (SSSR count). The fraction of sp³-hybridized carbons (Fsp3) is 0.385. The fourth-order valence-corrected chi connectivity index (χ4v) is 3.81. The molecule has 1 heterocycles.